The van der Waals surface area contributed by atoms with Crippen LogP contribution in [0.1, 0.15) is 13.3 Å². The van der Waals surface area contributed by atoms with E-state index in [2.05, 4.69) is 6.92 Å². The minimum absolute atomic E-state index is 0. The molecule has 0 spiro atoms. The molecular formula is C6H9NaO5. The zero-order valence-corrected chi connectivity index (χ0v) is 9.03. The smallest absolute Gasteiger partial charge is 0.481 e. The molecule has 0 aliphatic rings. The van der Waals surface area contributed by atoms with Crippen molar-refractivity contribution in [3.63, 3.8) is 0 Å². The fourth-order valence-corrected chi connectivity index (χ4v) is 0.213. The normalized spacial score (nSPS) is 6.83. The molecule has 0 fully saturated rings. The van der Waals surface area contributed by atoms with Crippen molar-refractivity contribution in [2.75, 3.05) is 0 Å². The quantitative estimate of drug-likeness (QED) is 0.210. The van der Waals surface area contributed by atoms with E-state index in [0.717, 1.165) is 0 Å². The van der Waals surface area contributed by atoms with Gasteiger partial charge in [0.05, 0.1) is 0 Å². The molecule has 12 heavy (non-hydrogen) atoms. The molecule has 0 radical (unpaired) electrons. The average molecular weight is 184 g/mol. The minimum Gasteiger partial charge on any atom is -0.481 e. The maximum atomic E-state index is 9.97. The molecule has 0 aliphatic carbocycles. The van der Waals surface area contributed by atoms with Gasteiger partial charge in [0.1, 0.15) is 6.42 Å². The van der Waals surface area contributed by atoms with Crippen LogP contribution in [-0.4, -0.2) is 27.9 Å². The van der Waals surface area contributed by atoms with E-state index in [-0.39, 0.29) is 29.6 Å². The molecular weight excluding hydrogens is 175 g/mol. The summed E-state index contributed by atoms with van der Waals surface area (Å²) in [5.74, 6) is -4.44. The summed E-state index contributed by atoms with van der Waals surface area (Å²) >= 11 is 0. The van der Waals surface area contributed by atoms with Gasteiger partial charge in [-0.15, -0.1) is 0 Å². The number of carboxylic acids is 2. The Morgan fingerprint density at radius 1 is 1.17 bits per heavy atom. The van der Waals surface area contributed by atoms with Crippen molar-refractivity contribution in [2.45, 2.75) is 13.3 Å². The second-order valence-corrected chi connectivity index (χ2v) is 1.30. The van der Waals surface area contributed by atoms with E-state index in [9.17, 15) is 14.4 Å². The van der Waals surface area contributed by atoms with Crippen LogP contribution >= 0.6 is 0 Å². The number of rotatable bonds is 3. The Labute approximate surface area is 92.1 Å². The van der Waals surface area contributed by atoms with E-state index >= 15 is 0 Å². The van der Waals surface area contributed by atoms with Gasteiger partial charge < -0.3 is 17.1 Å². The Hall–Kier alpha value is -0.390. The van der Waals surface area contributed by atoms with E-state index in [4.69, 9.17) is 10.2 Å². The van der Waals surface area contributed by atoms with Crippen molar-refractivity contribution in [1.29, 1.82) is 0 Å². The van der Waals surface area contributed by atoms with Crippen LogP contribution in [0.25, 0.3) is 0 Å². The van der Waals surface area contributed by atoms with Gasteiger partial charge >= 0.3 is 41.5 Å². The first-order chi connectivity index (χ1) is 5.04. The predicted octanol–water partition coefficient (Wildman–Crippen LogP) is -3.04. The number of hydrogen-bond acceptors (Lipinski definition) is 3. The summed E-state index contributed by atoms with van der Waals surface area (Å²) in [5, 5.41) is 15.7. The Bertz CT molecular complexity index is 165. The van der Waals surface area contributed by atoms with Gasteiger partial charge in [0, 0.05) is 0 Å². The van der Waals surface area contributed by atoms with Crippen molar-refractivity contribution in [3.05, 3.63) is 6.92 Å². The van der Waals surface area contributed by atoms with Gasteiger partial charge in [-0.2, -0.15) is 6.92 Å². The van der Waals surface area contributed by atoms with E-state index in [1.165, 1.54) is 0 Å². The van der Waals surface area contributed by atoms with Crippen molar-refractivity contribution in [2.24, 2.45) is 0 Å². The first kappa shape index (κ1) is 17.6. The molecule has 0 amide bonds. The number of ketones is 1. The third kappa shape index (κ3) is 12.3. The van der Waals surface area contributed by atoms with Gasteiger partial charge in [-0.05, 0) is 0 Å². The van der Waals surface area contributed by atoms with E-state index in [1.54, 1.807) is 6.92 Å². The summed E-state index contributed by atoms with van der Waals surface area (Å²) in [6.07, 6.45) is -0.949. The van der Waals surface area contributed by atoms with Gasteiger partial charge in [-0.25, -0.2) is 4.79 Å². The van der Waals surface area contributed by atoms with Crippen molar-refractivity contribution >= 4 is 17.7 Å². The molecule has 0 aliphatic heterocycles. The van der Waals surface area contributed by atoms with E-state index in [1.807, 2.05) is 0 Å². The van der Waals surface area contributed by atoms with Gasteiger partial charge in [0.2, 0.25) is 0 Å². The topological polar surface area (TPSA) is 91.7 Å². The molecule has 0 unspecified atom stereocenters. The minimum atomic E-state index is -1.71. The number of Topliss-reactive ketones (excluding diaryl/α,β-unsaturated/α-hetero) is 1. The zero-order valence-electron chi connectivity index (χ0n) is 7.03. The van der Waals surface area contributed by atoms with Gasteiger partial charge in [-0.3, -0.25) is 9.59 Å². The Balaban J connectivity index is -0.000000249. The van der Waals surface area contributed by atoms with Crippen LogP contribution in [-0.2, 0) is 14.4 Å². The maximum Gasteiger partial charge on any atom is 1.00 e. The Kier molecular flexibility index (Phi) is 15.6. The summed E-state index contributed by atoms with van der Waals surface area (Å²) in [7, 11) is 0. The molecule has 0 aromatic rings. The largest absolute Gasteiger partial charge is 1.00 e. The maximum absolute atomic E-state index is 9.97. The summed E-state index contributed by atoms with van der Waals surface area (Å²) in [5.41, 5.74) is 0. The summed E-state index contributed by atoms with van der Waals surface area (Å²) in [6, 6.07) is 0. The van der Waals surface area contributed by atoms with Crippen molar-refractivity contribution < 1.29 is 54.2 Å². The van der Waals surface area contributed by atoms with Gasteiger partial charge in [-0.1, -0.05) is 0 Å². The fourth-order valence-electron chi connectivity index (χ4n) is 0.213. The molecule has 0 atom stereocenters. The first-order valence-electron chi connectivity index (χ1n) is 2.72. The SMILES string of the molecule is O=C(O)CC(=O)C(=O)O.[CH2-]C.[Na+]. The average Bonchev–Trinajstić information content (AvgIpc) is 1.90. The van der Waals surface area contributed by atoms with Crippen molar-refractivity contribution in [1.82, 2.24) is 0 Å². The van der Waals surface area contributed by atoms with Crippen LogP contribution < -0.4 is 29.6 Å². The molecule has 2 N–H and O–H groups in total. The van der Waals surface area contributed by atoms with E-state index in [0.29, 0.717) is 0 Å². The van der Waals surface area contributed by atoms with Crippen LogP contribution in [0.3, 0.4) is 0 Å². The molecule has 0 bridgehead atoms. The predicted molar refractivity (Wildman–Crippen MR) is 35.9 cm³/mol. The number of hydrogen-bond donors (Lipinski definition) is 2. The summed E-state index contributed by atoms with van der Waals surface area (Å²) in [4.78, 5) is 29.2. The number of carboxylic acid groups (broad SMARTS) is 2. The second kappa shape index (κ2) is 10.6. The standard InChI is InChI=1S/C4H4O5.C2H5.Na/c5-2(4(8)9)1-3(6)7;1-2;/h1H2,(H,6,7)(H,8,9);1H2,2H3;/q;-1;+1. The number of carbonyl (C=O) groups is 3. The molecule has 5 nitrogen and oxygen atoms in total. The monoisotopic (exact) mass is 184 g/mol. The molecule has 0 saturated heterocycles. The number of aliphatic carboxylic acids is 2. The van der Waals surface area contributed by atoms with Crippen LogP contribution in [0.4, 0.5) is 0 Å². The molecule has 0 saturated carbocycles. The molecule has 64 valence electrons. The van der Waals surface area contributed by atoms with Crippen LogP contribution in [0.2, 0.25) is 0 Å². The summed E-state index contributed by atoms with van der Waals surface area (Å²) < 4.78 is 0. The first-order valence-corrected chi connectivity index (χ1v) is 2.72. The van der Waals surface area contributed by atoms with Gasteiger partial charge in [0.15, 0.2) is 0 Å². The molecule has 6 heteroatoms. The zero-order chi connectivity index (χ0) is 9.44. The second-order valence-electron chi connectivity index (χ2n) is 1.30. The Morgan fingerprint density at radius 3 is 1.58 bits per heavy atom. The van der Waals surface area contributed by atoms with E-state index < -0.39 is 24.1 Å². The van der Waals surface area contributed by atoms with Gasteiger partial charge in [0.25, 0.3) is 5.78 Å². The molecule has 0 heterocycles. The summed E-state index contributed by atoms with van der Waals surface area (Å²) in [6.45, 7) is 5.00. The fraction of sp³-hybridized carbons (Fsp3) is 0.333. The van der Waals surface area contributed by atoms with Crippen molar-refractivity contribution in [3.8, 4) is 0 Å². The molecule has 0 aromatic heterocycles. The third-order valence-electron chi connectivity index (χ3n) is 0.550. The molecule has 0 aromatic carbocycles. The number of carbonyl (C=O) groups excluding carboxylic acids is 1. The van der Waals surface area contributed by atoms with Crippen LogP contribution in [0, 0.1) is 6.92 Å². The molecule has 0 rings (SSSR count). The van der Waals surface area contributed by atoms with Crippen LogP contribution in [0.15, 0.2) is 0 Å². The Morgan fingerprint density at radius 2 is 1.50 bits per heavy atom. The third-order valence-corrected chi connectivity index (χ3v) is 0.550. The van der Waals surface area contributed by atoms with Crippen LogP contribution in [0.5, 0.6) is 0 Å².